The summed E-state index contributed by atoms with van der Waals surface area (Å²) in [6.45, 7) is 11.2. The third-order valence-electron chi connectivity index (χ3n) is 4.12. The van der Waals surface area contributed by atoms with Gasteiger partial charge in [0.15, 0.2) is 0 Å². The Hall–Kier alpha value is 0.170. The van der Waals surface area contributed by atoms with Crippen LogP contribution in [0.3, 0.4) is 0 Å². The third-order valence-corrected chi connectivity index (χ3v) is 4.12. The molecule has 2 unspecified atom stereocenters. The molecule has 0 spiro atoms. The van der Waals surface area contributed by atoms with Gasteiger partial charge in [0.25, 0.3) is 0 Å². The molecule has 0 aromatic rings. The van der Waals surface area contributed by atoms with Crippen LogP contribution in [0.25, 0.3) is 0 Å². The van der Waals surface area contributed by atoms with Gasteiger partial charge in [-0.05, 0) is 45.7 Å². The van der Waals surface area contributed by atoms with Gasteiger partial charge in [-0.2, -0.15) is 0 Å². The van der Waals surface area contributed by atoms with Gasteiger partial charge in [-0.25, -0.2) is 0 Å². The van der Waals surface area contributed by atoms with Crippen LogP contribution in [0.5, 0.6) is 0 Å². The molecular weight excluding hydrogens is 248 g/mol. The van der Waals surface area contributed by atoms with Crippen LogP contribution in [0.4, 0.5) is 0 Å². The van der Waals surface area contributed by atoms with Crippen LogP contribution < -0.4 is 5.32 Å². The van der Waals surface area contributed by atoms with Crippen molar-refractivity contribution in [1.82, 2.24) is 10.2 Å². The first kappa shape index (κ1) is 16.2. The zero-order chi connectivity index (χ0) is 12.5. The molecule has 2 aliphatic rings. The summed E-state index contributed by atoms with van der Waals surface area (Å²) in [5, 5.41) is 3.61. The van der Waals surface area contributed by atoms with E-state index in [-0.39, 0.29) is 23.5 Å². The summed E-state index contributed by atoms with van der Waals surface area (Å²) in [6, 6.07) is 0. The molecule has 4 heteroatoms. The van der Waals surface area contributed by atoms with Crippen molar-refractivity contribution in [1.29, 1.82) is 0 Å². The highest BCUT2D eigenvalue weighted by atomic mass is 35.5. The van der Waals surface area contributed by atoms with Gasteiger partial charge in [-0.15, -0.1) is 12.4 Å². The van der Waals surface area contributed by atoms with Crippen LogP contribution in [0.2, 0.25) is 0 Å². The summed E-state index contributed by atoms with van der Waals surface area (Å²) in [6.07, 6.45) is 3.84. The molecule has 0 radical (unpaired) electrons. The minimum atomic E-state index is -0.0988. The molecule has 0 aromatic heterocycles. The lowest BCUT2D eigenvalue weighted by atomic mass is 9.87. The Bertz CT molecular complexity index is 261. The predicted molar refractivity (Wildman–Crippen MR) is 78.2 cm³/mol. The van der Waals surface area contributed by atoms with Crippen LogP contribution in [-0.4, -0.2) is 43.9 Å². The highest BCUT2D eigenvalue weighted by Gasteiger charge is 2.37. The Morgan fingerprint density at radius 2 is 2.06 bits per heavy atom. The topological polar surface area (TPSA) is 24.5 Å². The van der Waals surface area contributed by atoms with E-state index in [1.54, 1.807) is 0 Å². The third kappa shape index (κ3) is 4.37. The minimum absolute atomic E-state index is 0. The van der Waals surface area contributed by atoms with Gasteiger partial charge in [-0.3, -0.25) is 5.32 Å². The molecular formula is C14H29ClN2O. The second-order valence-electron chi connectivity index (χ2n) is 7.01. The highest BCUT2D eigenvalue weighted by Crippen LogP contribution is 2.31. The van der Waals surface area contributed by atoms with E-state index in [0.29, 0.717) is 0 Å². The smallest absolute Gasteiger partial charge is 0.116 e. The minimum Gasteiger partial charge on any atom is -0.360 e. The summed E-state index contributed by atoms with van der Waals surface area (Å²) < 4.78 is 6.09. The number of hydrogen-bond donors (Lipinski definition) is 1. The van der Waals surface area contributed by atoms with E-state index in [1.807, 2.05) is 0 Å². The quantitative estimate of drug-likeness (QED) is 0.839. The number of hydrogen-bond acceptors (Lipinski definition) is 3. The molecule has 2 aliphatic heterocycles. The van der Waals surface area contributed by atoms with Gasteiger partial charge in [0.1, 0.15) is 5.72 Å². The lowest BCUT2D eigenvalue weighted by molar-refractivity contribution is -0.139. The van der Waals surface area contributed by atoms with Crippen LogP contribution in [0.1, 0.15) is 40.0 Å². The molecule has 18 heavy (non-hydrogen) atoms. The summed E-state index contributed by atoms with van der Waals surface area (Å²) in [5.74, 6) is 0.785. The van der Waals surface area contributed by atoms with E-state index >= 15 is 0 Å². The molecule has 108 valence electrons. The fourth-order valence-electron chi connectivity index (χ4n) is 3.00. The molecule has 0 aliphatic carbocycles. The first-order chi connectivity index (χ1) is 7.89. The van der Waals surface area contributed by atoms with Crippen molar-refractivity contribution < 1.29 is 4.74 Å². The molecule has 2 saturated heterocycles. The van der Waals surface area contributed by atoms with E-state index in [0.717, 1.165) is 25.5 Å². The second-order valence-corrected chi connectivity index (χ2v) is 7.01. The highest BCUT2D eigenvalue weighted by molar-refractivity contribution is 5.85. The fourth-order valence-corrected chi connectivity index (χ4v) is 3.00. The van der Waals surface area contributed by atoms with Crippen LogP contribution in [0.15, 0.2) is 0 Å². The second kappa shape index (κ2) is 6.08. The Labute approximate surface area is 118 Å². The number of nitrogens with zero attached hydrogens (tertiary/aromatic N) is 1. The van der Waals surface area contributed by atoms with Crippen molar-refractivity contribution in [3.05, 3.63) is 0 Å². The first-order valence-corrected chi connectivity index (χ1v) is 6.96. The molecule has 0 amide bonds. The molecule has 2 rings (SSSR count). The monoisotopic (exact) mass is 276 g/mol. The Morgan fingerprint density at radius 1 is 1.33 bits per heavy atom. The van der Waals surface area contributed by atoms with Gasteiger partial charge in [-0.1, -0.05) is 13.8 Å². The number of likely N-dealkylation sites (tertiary alicyclic amines) is 1. The predicted octanol–water partition coefficient (Wildman–Crippen LogP) is 2.50. The van der Waals surface area contributed by atoms with E-state index in [2.05, 4.69) is 38.0 Å². The van der Waals surface area contributed by atoms with Gasteiger partial charge in [0.05, 0.1) is 6.61 Å². The fraction of sp³-hybridized carbons (Fsp3) is 1.00. The van der Waals surface area contributed by atoms with Crippen molar-refractivity contribution >= 4 is 12.4 Å². The van der Waals surface area contributed by atoms with Crippen molar-refractivity contribution in [2.45, 2.75) is 45.8 Å². The molecule has 0 saturated carbocycles. The number of ether oxygens (including phenoxy) is 1. The molecule has 2 atom stereocenters. The Morgan fingerprint density at radius 3 is 2.61 bits per heavy atom. The van der Waals surface area contributed by atoms with Crippen molar-refractivity contribution in [2.24, 2.45) is 11.3 Å². The largest absolute Gasteiger partial charge is 0.360 e. The van der Waals surface area contributed by atoms with E-state index in [9.17, 15) is 0 Å². The lowest BCUT2D eigenvalue weighted by Crippen LogP contribution is -2.57. The maximum Gasteiger partial charge on any atom is 0.116 e. The summed E-state index contributed by atoms with van der Waals surface area (Å²) in [7, 11) is 2.23. The van der Waals surface area contributed by atoms with Crippen molar-refractivity contribution in [3.63, 3.8) is 0 Å². The summed E-state index contributed by atoms with van der Waals surface area (Å²) in [4.78, 5) is 2.45. The molecule has 2 fully saturated rings. The number of nitrogens with one attached hydrogen (secondary N) is 1. The Balaban J connectivity index is 0.00000162. The van der Waals surface area contributed by atoms with Gasteiger partial charge >= 0.3 is 0 Å². The molecule has 0 aromatic carbocycles. The SMILES string of the molecule is CN1CCCC(CC2(C)NCC(C)(C)CO2)C1.Cl. The average molecular weight is 277 g/mol. The molecule has 3 nitrogen and oxygen atoms in total. The van der Waals surface area contributed by atoms with E-state index < -0.39 is 0 Å². The van der Waals surface area contributed by atoms with Crippen LogP contribution in [0, 0.1) is 11.3 Å². The maximum atomic E-state index is 6.09. The van der Waals surface area contributed by atoms with Gasteiger partial charge in [0, 0.05) is 18.5 Å². The summed E-state index contributed by atoms with van der Waals surface area (Å²) >= 11 is 0. The van der Waals surface area contributed by atoms with E-state index in [1.165, 1.54) is 25.9 Å². The van der Waals surface area contributed by atoms with Crippen LogP contribution >= 0.6 is 12.4 Å². The normalized spacial score (nSPS) is 37.0. The van der Waals surface area contributed by atoms with Crippen LogP contribution in [-0.2, 0) is 4.74 Å². The van der Waals surface area contributed by atoms with Gasteiger partial charge in [0.2, 0.25) is 0 Å². The Kier molecular flexibility index (Phi) is 5.48. The number of piperidine rings is 1. The zero-order valence-electron chi connectivity index (χ0n) is 12.3. The molecule has 2 heterocycles. The average Bonchev–Trinajstić information content (AvgIpc) is 2.24. The first-order valence-electron chi connectivity index (χ1n) is 6.96. The lowest BCUT2D eigenvalue weighted by Gasteiger charge is -2.45. The number of halogens is 1. The van der Waals surface area contributed by atoms with Crippen molar-refractivity contribution in [3.8, 4) is 0 Å². The molecule has 1 N–H and O–H groups in total. The van der Waals surface area contributed by atoms with Gasteiger partial charge < -0.3 is 9.64 Å². The van der Waals surface area contributed by atoms with E-state index in [4.69, 9.17) is 4.74 Å². The summed E-state index contributed by atoms with van der Waals surface area (Å²) in [5.41, 5.74) is 0.182. The number of rotatable bonds is 2. The molecule has 0 bridgehead atoms. The maximum absolute atomic E-state index is 6.09. The zero-order valence-corrected chi connectivity index (χ0v) is 13.1. The standard InChI is InChI=1S/C14H28N2O.ClH/c1-13(2)10-15-14(3,17-11-13)8-12-6-5-7-16(4)9-12;/h12,15H,5-11H2,1-4H3;1H. The van der Waals surface area contributed by atoms with Crippen molar-refractivity contribution in [2.75, 3.05) is 33.3 Å².